The number of halogens is 1. The summed E-state index contributed by atoms with van der Waals surface area (Å²) in [6.45, 7) is 4.95. The highest BCUT2D eigenvalue weighted by molar-refractivity contribution is 5.94. The molecule has 1 aromatic carbocycles. The van der Waals surface area contributed by atoms with Crippen LogP contribution in [0.15, 0.2) is 24.3 Å². The van der Waals surface area contributed by atoms with Crippen LogP contribution in [0, 0.1) is 5.82 Å². The summed E-state index contributed by atoms with van der Waals surface area (Å²) in [5.41, 5.74) is 5.91. The first kappa shape index (κ1) is 14.9. The molecule has 110 valence electrons. The van der Waals surface area contributed by atoms with Crippen LogP contribution in [0.1, 0.15) is 23.2 Å². The molecule has 1 amide bonds. The van der Waals surface area contributed by atoms with Gasteiger partial charge in [0.2, 0.25) is 0 Å². The minimum Gasteiger partial charge on any atom is -0.336 e. The second-order valence-corrected chi connectivity index (χ2v) is 5.14. The maximum atomic E-state index is 13.1. The first-order valence-corrected chi connectivity index (χ1v) is 7.18. The van der Waals surface area contributed by atoms with Gasteiger partial charge in [-0.1, -0.05) is 6.07 Å². The van der Waals surface area contributed by atoms with Gasteiger partial charge in [-0.15, -0.1) is 0 Å². The van der Waals surface area contributed by atoms with E-state index < -0.39 is 0 Å². The van der Waals surface area contributed by atoms with Crippen LogP contribution in [0.4, 0.5) is 4.39 Å². The molecule has 1 aliphatic rings. The molecule has 0 aromatic heterocycles. The van der Waals surface area contributed by atoms with E-state index in [4.69, 9.17) is 5.73 Å². The Balaban J connectivity index is 1.83. The normalized spacial score (nSPS) is 16.4. The predicted molar refractivity (Wildman–Crippen MR) is 77.0 cm³/mol. The van der Waals surface area contributed by atoms with Crippen LogP contribution in [-0.2, 0) is 0 Å². The fraction of sp³-hybridized carbons (Fsp3) is 0.533. The van der Waals surface area contributed by atoms with E-state index in [-0.39, 0.29) is 11.7 Å². The SMILES string of the molecule is NCCCCN1CCN(C(=O)c2cccc(F)c2)CC1. The van der Waals surface area contributed by atoms with E-state index in [9.17, 15) is 9.18 Å². The van der Waals surface area contributed by atoms with Crippen LogP contribution in [0.25, 0.3) is 0 Å². The molecule has 0 aliphatic carbocycles. The van der Waals surface area contributed by atoms with E-state index in [1.807, 2.05) is 0 Å². The van der Waals surface area contributed by atoms with Gasteiger partial charge in [0.1, 0.15) is 5.82 Å². The third-order valence-electron chi connectivity index (χ3n) is 3.66. The van der Waals surface area contributed by atoms with Crippen molar-refractivity contribution in [1.82, 2.24) is 9.80 Å². The zero-order valence-electron chi connectivity index (χ0n) is 11.7. The molecule has 5 heteroatoms. The minimum atomic E-state index is -0.365. The predicted octanol–water partition coefficient (Wildman–Crippen LogP) is 1.32. The summed E-state index contributed by atoms with van der Waals surface area (Å²) >= 11 is 0. The first-order valence-electron chi connectivity index (χ1n) is 7.18. The van der Waals surface area contributed by atoms with Gasteiger partial charge in [0, 0.05) is 31.7 Å². The van der Waals surface area contributed by atoms with Crippen molar-refractivity contribution in [2.24, 2.45) is 5.73 Å². The highest BCUT2D eigenvalue weighted by Gasteiger charge is 2.21. The molecule has 0 saturated carbocycles. The fourth-order valence-electron chi connectivity index (χ4n) is 2.46. The van der Waals surface area contributed by atoms with E-state index in [1.165, 1.54) is 12.1 Å². The number of carbonyl (C=O) groups is 1. The monoisotopic (exact) mass is 279 g/mol. The van der Waals surface area contributed by atoms with Crippen molar-refractivity contribution >= 4 is 5.91 Å². The lowest BCUT2D eigenvalue weighted by Crippen LogP contribution is -2.48. The van der Waals surface area contributed by atoms with Crippen LogP contribution in [0.3, 0.4) is 0 Å². The van der Waals surface area contributed by atoms with Crippen molar-refractivity contribution in [2.45, 2.75) is 12.8 Å². The number of nitrogens with zero attached hydrogens (tertiary/aromatic N) is 2. The molecule has 0 radical (unpaired) electrons. The van der Waals surface area contributed by atoms with Gasteiger partial charge < -0.3 is 10.6 Å². The zero-order valence-corrected chi connectivity index (χ0v) is 11.7. The number of amides is 1. The van der Waals surface area contributed by atoms with Gasteiger partial charge >= 0.3 is 0 Å². The second kappa shape index (κ2) is 7.36. The number of nitrogens with two attached hydrogens (primary N) is 1. The molecule has 1 fully saturated rings. The smallest absolute Gasteiger partial charge is 0.254 e. The number of carbonyl (C=O) groups excluding carboxylic acids is 1. The minimum absolute atomic E-state index is 0.0777. The van der Waals surface area contributed by atoms with Crippen molar-refractivity contribution < 1.29 is 9.18 Å². The van der Waals surface area contributed by atoms with Crippen LogP contribution in [0.5, 0.6) is 0 Å². The van der Waals surface area contributed by atoms with Crippen molar-refractivity contribution in [3.8, 4) is 0 Å². The Morgan fingerprint density at radius 1 is 1.20 bits per heavy atom. The molecule has 1 aliphatic heterocycles. The standard InChI is InChI=1S/C15H22FN3O/c16-14-5-3-4-13(12-14)15(20)19-10-8-18(9-11-19)7-2-1-6-17/h3-5,12H,1-2,6-11,17H2. The van der Waals surface area contributed by atoms with E-state index in [1.54, 1.807) is 17.0 Å². The summed E-state index contributed by atoms with van der Waals surface area (Å²) in [5.74, 6) is -0.442. The van der Waals surface area contributed by atoms with Gasteiger partial charge in [0.05, 0.1) is 0 Å². The Labute approximate surface area is 119 Å². The summed E-state index contributed by atoms with van der Waals surface area (Å²) in [6, 6.07) is 5.90. The number of rotatable bonds is 5. The zero-order chi connectivity index (χ0) is 14.4. The van der Waals surface area contributed by atoms with Crippen LogP contribution >= 0.6 is 0 Å². The number of benzene rings is 1. The lowest BCUT2D eigenvalue weighted by molar-refractivity contribution is 0.0635. The summed E-state index contributed by atoms with van der Waals surface area (Å²) in [4.78, 5) is 16.4. The summed E-state index contributed by atoms with van der Waals surface area (Å²) < 4.78 is 13.1. The molecule has 0 spiro atoms. The molecule has 0 bridgehead atoms. The molecule has 2 N–H and O–H groups in total. The highest BCUT2D eigenvalue weighted by atomic mass is 19.1. The fourth-order valence-corrected chi connectivity index (χ4v) is 2.46. The van der Waals surface area contributed by atoms with E-state index in [0.29, 0.717) is 18.7 Å². The van der Waals surface area contributed by atoms with E-state index >= 15 is 0 Å². The van der Waals surface area contributed by atoms with Gasteiger partial charge in [-0.25, -0.2) is 4.39 Å². The molecule has 2 rings (SSSR count). The molecule has 0 atom stereocenters. The van der Waals surface area contributed by atoms with Crippen molar-refractivity contribution in [3.63, 3.8) is 0 Å². The maximum Gasteiger partial charge on any atom is 0.254 e. The van der Waals surface area contributed by atoms with E-state index in [2.05, 4.69) is 4.90 Å². The summed E-state index contributed by atoms with van der Waals surface area (Å²) in [5, 5.41) is 0. The lowest BCUT2D eigenvalue weighted by Gasteiger charge is -2.34. The summed E-state index contributed by atoms with van der Waals surface area (Å²) in [6.07, 6.45) is 2.15. The molecular weight excluding hydrogens is 257 g/mol. The molecular formula is C15H22FN3O. The van der Waals surface area contributed by atoms with Crippen molar-refractivity contribution in [3.05, 3.63) is 35.6 Å². The van der Waals surface area contributed by atoms with Gasteiger partial charge in [-0.3, -0.25) is 9.69 Å². The van der Waals surface area contributed by atoms with Gasteiger partial charge in [-0.05, 0) is 44.1 Å². The molecule has 0 unspecified atom stereocenters. The van der Waals surface area contributed by atoms with Crippen LogP contribution < -0.4 is 5.73 Å². The lowest BCUT2D eigenvalue weighted by atomic mass is 10.1. The Hall–Kier alpha value is -1.46. The van der Waals surface area contributed by atoms with Crippen molar-refractivity contribution in [1.29, 1.82) is 0 Å². The first-order chi connectivity index (χ1) is 9.70. The topological polar surface area (TPSA) is 49.6 Å². The highest BCUT2D eigenvalue weighted by Crippen LogP contribution is 2.10. The quantitative estimate of drug-likeness (QED) is 0.827. The third kappa shape index (κ3) is 4.02. The maximum absolute atomic E-state index is 13.1. The molecule has 20 heavy (non-hydrogen) atoms. The second-order valence-electron chi connectivity index (χ2n) is 5.14. The van der Waals surface area contributed by atoms with Gasteiger partial charge in [-0.2, -0.15) is 0 Å². The Kier molecular flexibility index (Phi) is 5.49. The Bertz CT molecular complexity index is 444. The number of hydrogen-bond donors (Lipinski definition) is 1. The molecule has 4 nitrogen and oxygen atoms in total. The van der Waals surface area contributed by atoms with Crippen LogP contribution in [-0.4, -0.2) is 55.0 Å². The average Bonchev–Trinajstić information content (AvgIpc) is 2.47. The number of hydrogen-bond acceptors (Lipinski definition) is 3. The Morgan fingerprint density at radius 2 is 1.95 bits per heavy atom. The molecule has 1 aromatic rings. The van der Waals surface area contributed by atoms with Crippen molar-refractivity contribution in [2.75, 3.05) is 39.3 Å². The largest absolute Gasteiger partial charge is 0.336 e. The van der Waals surface area contributed by atoms with Gasteiger partial charge in [0.15, 0.2) is 0 Å². The van der Waals surface area contributed by atoms with E-state index in [0.717, 1.165) is 39.0 Å². The third-order valence-corrected chi connectivity index (χ3v) is 3.66. The van der Waals surface area contributed by atoms with Gasteiger partial charge in [0.25, 0.3) is 5.91 Å². The van der Waals surface area contributed by atoms with Crippen LogP contribution in [0.2, 0.25) is 0 Å². The summed E-state index contributed by atoms with van der Waals surface area (Å²) in [7, 11) is 0. The molecule has 1 saturated heterocycles. The number of unbranched alkanes of at least 4 members (excludes halogenated alkanes) is 1. The molecule has 1 heterocycles. The Morgan fingerprint density at radius 3 is 2.60 bits per heavy atom. The average molecular weight is 279 g/mol. The number of piperazine rings is 1.